The summed E-state index contributed by atoms with van der Waals surface area (Å²) in [5.74, 6) is -0.125. The second-order valence-corrected chi connectivity index (χ2v) is 1.90. The van der Waals surface area contributed by atoms with Gasteiger partial charge in [-0.2, -0.15) is 0 Å². The van der Waals surface area contributed by atoms with Crippen molar-refractivity contribution in [1.29, 1.82) is 0 Å². The number of aliphatic hydroxyl groups excluding tert-OH is 1. The molecule has 0 radical (unpaired) electrons. The maximum atomic E-state index is 10.0. The molecule has 0 aromatic heterocycles. The van der Waals surface area contributed by atoms with Crippen molar-refractivity contribution in [2.45, 2.75) is 41.0 Å². The topological polar surface area (TPSA) is 54.4 Å². The highest BCUT2D eigenvalue weighted by Gasteiger charge is 1.94. The Morgan fingerprint density at radius 2 is 1.25 bits per heavy atom. The molecule has 0 fully saturated rings. The minimum Gasteiger partial charge on any atom is -0.397 e. The predicted octanol–water partition coefficient (Wildman–Crippen LogP) is 1.58. The smallest absolute Gasteiger partial charge is 0.137 e. The van der Waals surface area contributed by atoms with Gasteiger partial charge in [-0.25, -0.2) is 0 Å². The average Bonchev–Trinajstić information content (AvgIpc) is 1.90. The SMILES string of the molecule is CC.CC(=O)CC(C)=O.CCO. The molecule has 0 rings (SSSR count). The number of carbonyl (C=O) groups excluding carboxylic acids is 2. The zero-order valence-electron chi connectivity index (χ0n) is 8.68. The Balaban J connectivity index is -0.000000137. The molecule has 0 aliphatic rings. The van der Waals surface area contributed by atoms with Crippen molar-refractivity contribution in [2.24, 2.45) is 0 Å². The second kappa shape index (κ2) is 16.7. The summed E-state index contributed by atoms with van der Waals surface area (Å²) in [5.41, 5.74) is 0. The molecule has 3 heteroatoms. The molecule has 0 aromatic rings. The van der Waals surface area contributed by atoms with Gasteiger partial charge in [-0.15, -0.1) is 0 Å². The Kier molecular flexibility index (Phi) is 24.2. The van der Waals surface area contributed by atoms with Crippen molar-refractivity contribution in [3.05, 3.63) is 0 Å². The van der Waals surface area contributed by atoms with Gasteiger partial charge >= 0.3 is 0 Å². The molecule has 1 N–H and O–H groups in total. The summed E-state index contributed by atoms with van der Waals surface area (Å²) in [6, 6.07) is 0. The highest BCUT2D eigenvalue weighted by molar-refractivity contribution is 5.96. The van der Waals surface area contributed by atoms with Gasteiger partial charge in [0.15, 0.2) is 0 Å². The zero-order chi connectivity index (χ0) is 10.6. The number of Topliss-reactive ketones (excluding diaryl/α,β-unsaturated/α-hetero) is 2. The van der Waals surface area contributed by atoms with Crippen molar-refractivity contribution in [1.82, 2.24) is 0 Å². The Morgan fingerprint density at radius 1 is 1.08 bits per heavy atom. The molecular weight excluding hydrogens is 156 g/mol. The summed E-state index contributed by atoms with van der Waals surface area (Å²) < 4.78 is 0. The molecule has 0 unspecified atom stereocenters. The number of aliphatic hydroxyl groups is 1. The van der Waals surface area contributed by atoms with Crippen molar-refractivity contribution in [3.63, 3.8) is 0 Å². The minimum absolute atomic E-state index is 0.0625. The van der Waals surface area contributed by atoms with Crippen LogP contribution < -0.4 is 0 Å². The molecule has 0 aliphatic heterocycles. The lowest BCUT2D eigenvalue weighted by atomic mass is 10.2. The predicted molar refractivity (Wildman–Crippen MR) is 50.1 cm³/mol. The fourth-order valence-electron chi connectivity index (χ4n) is 0.351. The van der Waals surface area contributed by atoms with E-state index in [1.807, 2.05) is 13.8 Å². The molecule has 0 bridgehead atoms. The maximum Gasteiger partial charge on any atom is 0.137 e. The van der Waals surface area contributed by atoms with Gasteiger partial charge in [0, 0.05) is 6.61 Å². The Hall–Kier alpha value is -0.700. The molecule has 0 saturated heterocycles. The summed E-state index contributed by atoms with van der Waals surface area (Å²) in [6.07, 6.45) is 0.0833. The minimum atomic E-state index is -0.0625. The van der Waals surface area contributed by atoms with Crippen LogP contribution in [0.25, 0.3) is 0 Å². The van der Waals surface area contributed by atoms with E-state index in [9.17, 15) is 9.59 Å². The van der Waals surface area contributed by atoms with Crippen LogP contribution in [0.5, 0.6) is 0 Å². The fourth-order valence-corrected chi connectivity index (χ4v) is 0.351. The van der Waals surface area contributed by atoms with Crippen LogP contribution >= 0.6 is 0 Å². The molecule has 74 valence electrons. The fraction of sp³-hybridized carbons (Fsp3) is 0.778. The third-order valence-corrected chi connectivity index (χ3v) is 0.498. The van der Waals surface area contributed by atoms with Crippen LogP contribution in [-0.2, 0) is 9.59 Å². The van der Waals surface area contributed by atoms with E-state index in [2.05, 4.69) is 0 Å². The second-order valence-electron chi connectivity index (χ2n) is 1.90. The van der Waals surface area contributed by atoms with Crippen molar-refractivity contribution in [2.75, 3.05) is 6.61 Å². The standard InChI is InChI=1S/C5H8O2.C2H6O.C2H6/c1-4(6)3-5(2)7;1-2-3;1-2/h3H2,1-2H3;3H,2H2,1H3;1-2H3. The molecule has 12 heavy (non-hydrogen) atoms. The first-order valence-corrected chi connectivity index (χ1v) is 4.14. The van der Waals surface area contributed by atoms with E-state index in [0.29, 0.717) is 0 Å². The molecular formula is C9H20O3. The Morgan fingerprint density at radius 3 is 1.25 bits per heavy atom. The van der Waals surface area contributed by atoms with E-state index >= 15 is 0 Å². The number of rotatable bonds is 2. The lowest BCUT2D eigenvalue weighted by molar-refractivity contribution is -0.124. The van der Waals surface area contributed by atoms with Crippen LogP contribution in [0, 0.1) is 0 Å². The normalized spacial score (nSPS) is 6.83. The lowest BCUT2D eigenvalue weighted by Crippen LogP contribution is -1.97. The summed E-state index contributed by atoms with van der Waals surface area (Å²) in [5, 5.41) is 7.57. The summed E-state index contributed by atoms with van der Waals surface area (Å²) in [6.45, 7) is 8.74. The third-order valence-electron chi connectivity index (χ3n) is 0.498. The summed E-state index contributed by atoms with van der Waals surface area (Å²) in [7, 11) is 0. The highest BCUT2D eigenvalue weighted by atomic mass is 16.2. The first-order chi connectivity index (χ1) is 5.54. The van der Waals surface area contributed by atoms with Crippen LogP contribution in [0.15, 0.2) is 0 Å². The Labute approximate surface area is 74.8 Å². The number of hydrogen-bond acceptors (Lipinski definition) is 3. The van der Waals surface area contributed by atoms with Crippen molar-refractivity contribution < 1.29 is 14.7 Å². The van der Waals surface area contributed by atoms with E-state index in [1.54, 1.807) is 6.92 Å². The molecule has 3 nitrogen and oxygen atoms in total. The van der Waals surface area contributed by atoms with Gasteiger partial charge in [-0.3, -0.25) is 9.59 Å². The molecule has 0 heterocycles. The van der Waals surface area contributed by atoms with Crippen LogP contribution in [0.2, 0.25) is 0 Å². The van der Waals surface area contributed by atoms with E-state index in [-0.39, 0.29) is 24.6 Å². The van der Waals surface area contributed by atoms with E-state index in [0.717, 1.165) is 0 Å². The van der Waals surface area contributed by atoms with Gasteiger partial charge in [-0.1, -0.05) is 13.8 Å². The molecule has 0 spiro atoms. The maximum absolute atomic E-state index is 10.0. The first-order valence-electron chi connectivity index (χ1n) is 4.14. The van der Waals surface area contributed by atoms with Crippen LogP contribution in [-0.4, -0.2) is 23.3 Å². The molecule has 0 amide bonds. The number of hydrogen-bond donors (Lipinski definition) is 1. The third kappa shape index (κ3) is 58.8. The molecule has 0 aromatic carbocycles. The van der Waals surface area contributed by atoms with Gasteiger partial charge in [0.05, 0.1) is 6.42 Å². The van der Waals surface area contributed by atoms with Crippen LogP contribution in [0.4, 0.5) is 0 Å². The summed E-state index contributed by atoms with van der Waals surface area (Å²) in [4.78, 5) is 20.1. The van der Waals surface area contributed by atoms with Crippen LogP contribution in [0.1, 0.15) is 41.0 Å². The lowest BCUT2D eigenvalue weighted by Gasteiger charge is -1.81. The number of carbonyl (C=O) groups is 2. The molecule has 0 aliphatic carbocycles. The van der Waals surface area contributed by atoms with Gasteiger partial charge in [0.25, 0.3) is 0 Å². The van der Waals surface area contributed by atoms with Gasteiger partial charge in [-0.05, 0) is 20.8 Å². The first kappa shape index (κ1) is 17.4. The van der Waals surface area contributed by atoms with E-state index in [1.165, 1.54) is 13.8 Å². The highest BCUT2D eigenvalue weighted by Crippen LogP contribution is 1.80. The quantitative estimate of drug-likeness (QED) is 0.650. The monoisotopic (exact) mass is 176 g/mol. The zero-order valence-corrected chi connectivity index (χ0v) is 8.68. The van der Waals surface area contributed by atoms with Gasteiger partial charge < -0.3 is 5.11 Å². The van der Waals surface area contributed by atoms with Gasteiger partial charge in [0.1, 0.15) is 11.6 Å². The van der Waals surface area contributed by atoms with Crippen molar-refractivity contribution in [3.8, 4) is 0 Å². The molecule has 0 saturated carbocycles. The van der Waals surface area contributed by atoms with Gasteiger partial charge in [0.2, 0.25) is 0 Å². The van der Waals surface area contributed by atoms with Crippen molar-refractivity contribution >= 4 is 11.6 Å². The number of ketones is 2. The summed E-state index contributed by atoms with van der Waals surface area (Å²) >= 11 is 0. The Bertz CT molecular complexity index is 96.3. The van der Waals surface area contributed by atoms with E-state index in [4.69, 9.17) is 5.11 Å². The molecule has 0 atom stereocenters. The average molecular weight is 176 g/mol. The largest absolute Gasteiger partial charge is 0.397 e. The van der Waals surface area contributed by atoms with E-state index < -0.39 is 0 Å². The van der Waals surface area contributed by atoms with Crippen LogP contribution in [0.3, 0.4) is 0 Å².